The first-order valence-corrected chi connectivity index (χ1v) is 7.41. The summed E-state index contributed by atoms with van der Waals surface area (Å²) in [5, 5.41) is 4.55. The van der Waals surface area contributed by atoms with E-state index in [9.17, 15) is 0 Å². The molecule has 0 aliphatic rings. The molecule has 0 radical (unpaired) electrons. The largest absolute Gasteiger partial charge is 0.333 e. The number of aromatic nitrogens is 3. The SMILES string of the molecule is CCNCc1cncn1CCc1cccc2cccnc12. The van der Waals surface area contributed by atoms with Crippen molar-refractivity contribution in [1.82, 2.24) is 19.9 Å². The lowest BCUT2D eigenvalue weighted by molar-refractivity contribution is 0.620. The van der Waals surface area contributed by atoms with E-state index in [1.807, 2.05) is 24.8 Å². The van der Waals surface area contributed by atoms with Crippen LogP contribution in [-0.2, 0) is 19.5 Å². The van der Waals surface area contributed by atoms with Gasteiger partial charge >= 0.3 is 0 Å². The van der Waals surface area contributed by atoms with E-state index in [-0.39, 0.29) is 0 Å². The minimum Gasteiger partial charge on any atom is -0.333 e. The first-order chi connectivity index (χ1) is 10.4. The molecule has 21 heavy (non-hydrogen) atoms. The third kappa shape index (κ3) is 3.11. The van der Waals surface area contributed by atoms with Crippen LogP contribution in [0.3, 0.4) is 0 Å². The van der Waals surface area contributed by atoms with Crippen molar-refractivity contribution >= 4 is 10.9 Å². The van der Waals surface area contributed by atoms with Gasteiger partial charge in [-0.15, -0.1) is 0 Å². The van der Waals surface area contributed by atoms with Crippen LogP contribution in [0.1, 0.15) is 18.2 Å². The van der Waals surface area contributed by atoms with E-state index in [1.54, 1.807) is 0 Å². The topological polar surface area (TPSA) is 42.7 Å². The van der Waals surface area contributed by atoms with Crippen molar-refractivity contribution in [3.63, 3.8) is 0 Å². The molecule has 0 atom stereocenters. The number of nitrogens with one attached hydrogen (secondary N) is 1. The second-order valence-electron chi connectivity index (χ2n) is 5.10. The maximum Gasteiger partial charge on any atom is 0.0948 e. The molecule has 0 saturated heterocycles. The zero-order valence-corrected chi connectivity index (χ0v) is 12.3. The molecule has 0 saturated carbocycles. The van der Waals surface area contributed by atoms with Crippen LogP contribution in [0.15, 0.2) is 49.1 Å². The molecule has 4 nitrogen and oxygen atoms in total. The lowest BCUT2D eigenvalue weighted by Gasteiger charge is -2.10. The Morgan fingerprint density at radius 3 is 3.00 bits per heavy atom. The maximum absolute atomic E-state index is 4.52. The number of nitrogens with zero attached hydrogens (tertiary/aromatic N) is 3. The molecule has 2 aromatic heterocycles. The van der Waals surface area contributed by atoms with Crippen LogP contribution in [0, 0.1) is 0 Å². The predicted molar refractivity (Wildman–Crippen MR) is 85.1 cm³/mol. The standard InChI is InChI=1S/C17H20N4/c1-2-18-11-16-12-19-13-21(16)10-8-15-6-3-5-14-7-4-9-20-17(14)15/h3-7,9,12-13,18H,2,8,10-11H2,1H3. The summed E-state index contributed by atoms with van der Waals surface area (Å²) in [5.41, 5.74) is 3.62. The fourth-order valence-corrected chi connectivity index (χ4v) is 2.56. The number of fused-ring (bicyclic) bond motifs is 1. The Balaban J connectivity index is 1.76. The number of hydrogen-bond donors (Lipinski definition) is 1. The van der Waals surface area contributed by atoms with Gasteiger partial charge in [-0.05, 0) is 24.6 Å². The smallest absolute Gasteiger partial charge is 0.0948 e. The highest BCUT2D eigenvalue weighted by atomic mass is 15.1. The molecule has 0 fully saturated rings. The maximum atomic E-state index is 4.52. The summed E-state index contributed by atoms with van der Waals surface area (Å²) in [6, 6.07) is 10.5. The minimum atomic E-state index is 0.865. The highest BCUT2D eigenvalue weighted by molar-refractivity contribution is 5.81. The fraction of sp³-hybridized carbons (Fsp3) is 0.294. The van der Waals surface area contributed by atoms with E-state index in [0.717, 1.165) is 31.6 Å². The number of imidazole rings is 1. The van der Waals surface area contributed by atoms with Crippen molar-refractivity contribution in [3.8, 4) is 0 Å². The molecular weight excluding hydrogens is 260 g/mol. The minimum absolute atomic E-state index is 0.865. The van der Waals surface area contributed by atoms with Crippen LogP contribution in [0.4, 0.5) is 0 Å². The van der Waals surface area contributed by atoms with Gasteiger partial charge in [0.1, 0.15) is 0 Å². The van der Waals surface area contributed by atoms with Gasteiger partial charge in [0, 0.05) is 30.9 Å². The van der Waals surface area contributed by atoms with E-state index < -0.39 is 0 Å². The van der Waals surface area contributed by atoms with E-state index >= 15 is 0 Å². The van der Waals surface area contributed by atoms with E-state index in [4.69, 9.17) is 0 Å². The van der Waals surface area contributed by atoms with Gasteiger partial charge in [-0.2, -0.15) is 0 Å². The third-order valence-corrected chi connectivity index (χ3v) is 3.69. The molecule has 2 heterocycles. The molecule has 1 N–H and O–H groups in total. The first kappa shape index (κ1) is 13.8. The third-order valence-electron chi connectivity index (χ3n) is 3.69. The van der Waals surface area contributed by atoms with Crippen molar-refractivity contribution in [2.24, 2.45) is 0 Å². The Kier molecular flexibility index (Phi) is 4.26. The van der Waals surface area contributed by atoms with E-state index in [2.05, 4.69) is 51.0 Å². The highest BCUT2D eigenvalue weighted by Gasteiger charge is 2.05. The summed E-state index contributed by atoms with van der Waals surface area (Å²) in [6.07, 6.45) is 6.67. The van der Waals surface area contributed by atoms with Gasteiger partial charge in [-0.25, -0.2) is 4.98 Å². The molecule has 0 aliphatic heterocycles. The van der Waals surface area contributed by atoms with Gasteiger partial charge in [0.2, 0.25) is 0 Å². The van der Waals surface area contributed by atoms with Crippen molar-refractivity contribution in [2.45, 2.75) is 26.4 Å². The molecule has 4 heteroatoms. The van der Waals surface area contributed by atoms with Crippen LogP contribution in [0.5, 0.6) is 0 Å². The summed E-state index contributed by atoms with van der Waals surface area (Å²) < 4.78 is 2.21. The molecule has 0 aliphatic carbocycles. The molecule has 0 amide bonds. The van der Waals surface area contributed by atoms with Crippen LogP contribution in [0.25, 0.3) is 10.9 Å². The van der Waals surface area contributed by atoms with Crippen molar-refractivity contribution in [1.29, 1.82) is 0 Å². The molecule has 3 aromatic rings. The number of para-hydroxylation sites is 1. The Morgan fingerprint density at radius 2 is 2.10 bits per heavy atom. The summed E-state index contributed by atoms with van der Waals surface area (Å²) >= 11 is 0. The van der Waals surface area contributed by atoms with Crippen LogP contribution in [-0.4, -0.2) is 21.1 Å². The van der Waals surface area contributed by atoms with E-state index in [0.29, 0.717) is 0 Å². The second kappa shape index (κ2) is 6.50. The molecule has 108 valence electrons. The number of hydrogen-bond acceptors (Lipinski definition) is 3. The van der Waals surface area contributed by atoms with E-state index in [1.165, 1.54) is 16.6 Å². The van der Waals surface area contributed by atoms with Gasteiger partial charge < -0.3 is 9.88 Å². The quantitative estimate of drug-likeness (QED) is 0.755. The Hall–Kier alpha value is -2.20. The monoisotopic (exact) mass is 280 g/mol. The van der Waals surface area contributed by atoms with Crippen molar-refractivity contribution < 1.29 is 0 Å². The first-order valence-electron chi connectivity index (χ1n) is 7.41. The van der Waals surface area contributed by atoms with Gasteiger partial charge in [0.15, 0.2) is 0 Å². The van der Waals surface area contributed by atoms with Gasteiger partial charge in [-0.3, -0.25) is 4.98 Å². The molecule has 0 bridgehead atoms. The summed E-state index contributed by atoms with van der Waals surface area (Å²) in [6.45, 7) is 4.88. The Morgan fingerprint density at radius 1 is 1.19 bits per heavy atom. The molecule has 0 unspecified atom stereocenters. The predicted octanol–water partition coefficient (Wildman–Crippen LogP) is 2.78. The Bertz CT molecular complexity index is 712. The summed E-state index contributed by atoms with van der Waals surface area (Å²) in [4.78, 5) is 8.77. The van der Waals surface area contributed by atoms with Gasteiger partial charge in [-0.1, -0.05) is 31.2 Å². The van der Waals surface area contributed by atoms with Crippen molar-refractivity contribution in [3.05, 3.63) is 60.3 Å². The molecular formula is C17H20N4. The lowest BCUT2D eigenvalue weighted by atomic mass is 10.1. The van der Waals surface area contributed by atoms with Gasteiger partial charge in [0.05, 0.1) is 17.5 Å². The average Bonchev–Trinajstić information content (AvgIpc) is 2.98. The normalized spacial score (nSPS) is 11.1. The molecule has 3 rings (SSSR count). The van der Waals surface area contributed by atoms with Crippen LogP contribution < -0.4 is 5.32 Å². The van der Waals surface area contributed by atoms with Crippen LogP contribution in [0.2, 0.25) is 0 Å². The number of benzene rings is 1. The lowest BCUT2D eigenvalue weighted by Crippen LogP contribution is -2.15. The second-order valence-corrected chi connectivity index (χ2v) is 5.10. The summed E-state index contributed by atoms with van der Waals surface area (Å²) in [5.74, 6) is 0. The van der Waals surface area contributed by atoms with Crippen molar-refractivity contribution in [2.75, 3.05) is 6.54 Å². The fourth-order valence-electron chi connectivity index (χ4n) is 2.56. The summed E-state index contributed by atoms with van der Waals surface area (Å²) in [7, 11) is 0. The molecule has 1 aromatic carbocycles. The number of aryl methyl sites for hydroxylation is 2. The highest BCUT2D eigenvalue weighted by Crippen LogP contribution is 2.17. The zero-order chi connectivity index (χ0) is 14.5. The van der Waals surface area contributed by atoms with Gasteiger partial charge in [0.25, 0.3) is 0 Å². The van der Waals surface area contributed by atoms with Crippen LogP contribution >= 0.6 is 0 Å². The number of rotatable bonds is 6. The Labute approximate surface area is 124 Å². The zero-order valence-electron chi connectivity index (χ0n) is 12.3. The molecule has 0 spiro atoms. The number of pyridine rings is 1. The average molecular weight is 280 g/mol.